The molecule has 2 aliphatic heterocycles. The van der Waals surface area contributed by atoms with Crippen molar-refractivity contribution in [2.24, 2.45) is 0 Å². The van der Waals surface area contributed by atoms with E-state index in [4.69, 9.17) is 0 Å². The number of nitrogens with zero attached hydrogens (tertiary/aromatic N) is 3. The van der Waals surface area contributed by atoms with Crippen LogP contribution in [0.15, 0.2) is 18.5 Å². The summed E-state index contributed by atoms with van der Waals surface area (Å²) in [6.07, 6.45) is 4.97. The summed E-state index contributed by atoms with van der Waals surface area (Å²) in [5.41, 5.74) is 0.444. The summed E-state index contributed by atoms with van der Waals surface area (Å²) in [7, 11) is 0. The number of hydrogen-bond donors (Lipinski definition) is 1. The molecule has 3 heterocycles. The quantitative estimate of drug-likeness (QED) is 0.896. The predicted molar refractivity (Wildman–Crippen MR) is 98.0 cm³/mol. The average molecular weight is 364 g/mol. The molecule has 7 heteroatoms. The van der Waals surface area contributed by atoms with Crippen LogP contribution in [-0.2, 0) is 5.54 Å². The maximum Gasteiger partial charge on any atom is 0.317 e. The fourth-order valence-electron chi connectivity index (χ4n) is 3.65. The highest BCUT2D eigenvalue weighted by molar-refractivity contribution is 5.94. The molecule has 1 aromatic heterocycles. The molecular formula is C19H29FN4O2. The molecule has 0 aromatic carbocycles. The topological polar surface area (TPSA) is 57.6 Å². The summed E-state index contributed by atoms with van der Waals surface area (Å²) in [5.74, 6) is -0.173. The maximum atomic E-state index is 14.0. The van der Waals surface area contributed by atoms with Crippen LogP contribution in [0.25, 0.3) is 0 Å². The molecule has 2 atom stereocenters. The van der Waals surface area contributed by atoms with Crippen LogP contribution in [0, 0.1) is 0 Å². The van der Waals surface area contributed by atoms with Crippen molar-refractivity contribution < 1.29 is 14.0 Å². The van der Waals surface area contributed by atoms with Gasteiger partial charge in [0.25, 0.3) is 5.91 Å². The zero-order chi connectivity index (χ0) is 18.9. The molecule has 3 amide bonds. The van der Waals surface area contributed by atoms with Crippen molar-refractivity contribution in [1.29, 1.82) is 0 Å². The summed E-state index contributed by atoms with van der Waals surface area (Å²) >= 11 is 0. The van der Waals surface area contributed by atoms with E-state index in [0.29, 0.717) is 12.1 Å². The average Bonchev–Trinajstić information content (AvgIpc) is 3.30. The molecule has 2 saturated heterocycles. The van der Waals surface area contributed by atoms with Gasteiger partial charge in [-0.2, -0.15) is 0 Å². The van der Waals surface area contributed by atoms with Crippen molar-refractivity contribution in [2.75, 3.05) is 26.2 Å². The van der Waals surface area contributed by atoms with E-state index < -0.39 is 6.17 Å². The van der Waals surface area contributed by atoms with Gasteiger partial charge in [-0.05, 0) is 39.7 Å². The third kappa shape index (κ3) is 4.02. The SMILES string of the molecule is CC(C)(C)n1ccc(C(=O)N2CC(F)CC2CNC(=O)N2CCCC2)c1. The molecule has 0 saturated carbocycles. The van der Waals surface area contributed by atoms with E-state index in [-0.39, 0.29) is 36.5 Å². The fourth-order valence-corrected chi connectivity index (χ4v) is 3.65. The number of rotatable bonds is 3. The number of amides is 3. The first-order valence-electron chi connectivity index (χ1n) is 9.42. The molecule has 0 spiro atoms. The first-order chi connectivity index (χ1) is 12.3. The zero-order valence-electron chi connectivity index (χ0n) is 15.9. The molecule has 1 N–H and O–H groups in total. The number of aromatic nitrogens is 1. The molecule has 0 bridgehead atoms. The van der Waals surface area contributed by atoms with E-state index in [0.717, 1.165) is 25.9 Å². The van der Waals surface area contributed by atoms with Crippen LogP contribution in [0.5, 0.6) is 0 Å². The van der Waals surface area contributed by atoms with Gasteiger partial charge in [0, 0.05) is 44.0 Å². The number of alkyl halides is 1. The first-order valence-corrected chi connectivity index (χ1v) is 9.42. The Morgan fingerprint density at radius 2 is 1.96 bits per heavy atom. The van der Waals surface area contributed by atoms with Gasteiger partial charge in [-0.1, -0.05) is 0 Å². The monoisotopic (exact) mass is 364 g/mol. The Morgan fingerprint density at radius 3 is 2.58 bits per heavy atom. The van der Waals surface area contributed by atoms with Gasteiger partial charge in [-0.15, -0.1) is 0 Å². The van der Waals surface area contributed by atoms with Crippen LogP contribution in [0.4, 0.5) is 9.18 Å². The van der Waals surface area contributed by atoms with Crippen LogP contribution in [0.3, 0.4) is 0 Å². The molecule has 2 aliphatic rings. The molecule has 26 heavy (non-hydrogen) atoms. The second-order valence-corrected chi connectivity index (χ2v) is 8.30. The zero-order valence-corrected chi connectivity index (χ0v) is 15.9. The minimum absolute atomic E-state index is 0.0871. The standard InChI is InChI=1S/C19H29FN4O2/c1-19(2,3)23-9-6-14(12-23)17(25)24-13-15(20)10-16(24)11-21-18(26)22-7-4-5-8-22/h6,9,12,15-16H,4-5,7-8,10-11,13H2,1-3H3,(H,21,26). The van der Waals surface area contributed by atoms with Gasteiger partial charge in [0.2, 0.25) is 0 Å². The lowest BCUT2D eigenvalue weighted by molar-refractivity contribution is 0.0728. The van der Waals surface area contributed by atoms with Gasteiger partial charge in [0.05, 0.1) is 18.2 Å². The van der Waals surface area contributed by atoms with Crippen molar-refractivity contribution >= 4 is 11.9 Å². The van der Waals surface area contributed by atoms with Gasteiger partial charge in [-0.25, -0.2) is 9.18 Å². The molecule has 2 fully saturated rings. The number of likely N-dealkylation sites (tertiary alicyclic amines) is 2. The molecule has 2 unspecified atom stereocenters. The van der Waals surface area contributed by atoms with Crippen LogP contribution in [0.2, 0.25) is 0 Å². The van der Waals surface area contributed by atoms with Gasteiger partial charge >= 0.3 is 6.03 Å². The lowest BCUT2D eigenvalue weighted by Crippen LogP contribution is -2.46. The third-order valence-corrected chi connectivity index (χ3v) is 5.22. The molecule has 3 rings (SSSR count). The minimum Gasteiger partial charge on any atom is -0.348 e. The Kier molecular flexibility index (Phi) is 5.25. The van der Waals surface area contributed by atoms with Crippen molar-refractivity contribution in [1.82, 2.24) is 19.7 Å². The number of halogens is 1. The Hall–Kier alpha value is -2.05. The third-order valence-electron chi connectivity index (χ3n) is 5.22. The van der Waals surface area contributed by atoms with Crippen molar-refractivity contribution in [3.63, 3.8) is 0 Å². The molecular weight excluding hydrogens is 335 g/mol. The second kappa shape index (κ2) is 7.29. The number of nitrogens with one attached hydrogen (secondary N) is 1. The van der Waals surface area contributed by atoms with E-state index in [2.05, 4.69) is 26.1 Å². The van der Waals surface area contributed by atoms with Crippen molar-refractivity contribution in [2.45, 2.75) is 57.8 Å². The summed E-state index contributed by atoms with van der Waals surface area (Å²) in [6, 6.07) is 1.36. The van der Waals surface area contributed by atoms with Crippen LogP contribution >= 0.6 is 0 Å². The second-order valence-electron chi connectivity index (χ2n) is 8.30. The number of hydrogen-bond acceptors (Lipinski definition) is 2. The highest BCUT2D eigenvalue weighted by Crippen LogP contribution is 2.24. The predicted octanol–water partition coefficient (Wildman–Crippen LogP) is 2.60. The van der Waals surface area contributed by atoms with Gasteiger partial charge in [0.15, 0.2) is 0 Å². The van der Waals surface area contributed by atoms with Crippen LogP contribution in [-0.4, -0.2) is 64.7 Å². The lowest BCUT2D eigenvalue weighted by atomic mass is 10.1. The molecule has 6 nitrogen and oxygen atoms in total. The summed E-state index contributed by atoms with van der Waals surface area (Å²) in [6.45, 7) is 8.10. The van der Waals surface area contributed by atoms with Gasteiger partial charge < -0.3 is 19.7 Å². The van der Waals surface area contributed by atoms with Crippen molar-refractivity contribution in [3.8, 4) is 0 Å². The Balaban J connectivity index is 1.64. The molecule has 0 aliphatic carbocycles. The Morgan fingerprint density at radius 1 is 1.27 bits per heavy atom. The molecule has 144 valence electrons. The van der Waals surface area contributed by atoms with Gasteiger partial charge in [-0.3, -0.25) is 4.79 Å². The summed E-state index contributed by atoms with van der Waals surface area (Å²) in [5, 5.41) is 2.87. The van der Waals surface area contributed by atoms with Gasteiger partial charge in [0.1, 0.15) is 6.17 Å². The number of carbonyl (C=O) groups excluding carboxylic acids is 2. The Bertz CT molecular complexity index is 661. The highest BCUT2D eigenvalue weighted by Gasteiger charge is 2.36. The fraction of sp³-hybridized carbons (Fsp3) is 0.684. The molecule has 0 radical (unpaired) electrons. The van der Waals surface area contributed by atoms with E-state index in [1.165, 1.54) is 0 Å². The molecule has 1 aromatic rings. The largest absolute Gasteiger partial charge is 0.348 e. The van der Waals surface area contributed by atoms with Crippen molar-refractivity contribution in [3.05, 3.63) is 24.0 Å². The maximum absolute atomic E-state index is 14.0. The highest BCUT2D eigenvalue weighted by atomic mass is 19.1. The smallest absolute Gasteiger partial charge is 0.317 e. The lowest BCUT2D eigenvalue weighted by Gasteiger charge is -2.26. The minimum atomic E-state index is -1.04. The van der Waals surface area contributed by atoms with E-state index in [9.17, 15) is 14.0 Å². The van der Waals surface area contributed by atoms with E-state index in [1.807, 2.05) is 17.0 Å². The normalized spacial score (nSPS) is 23.5. The van der Waals surface area contributed by atoms with E-state index >= 15 is 0 Å². The Labute approximate surface area is 154 Å². The summed E-state index contributed by atoms with van der Waals surface area (Å²) in [4.78, 5) is 28.4. The number of carbonyl (C=O) groups is 2. The van der Waals surface area contributed by atoms with Crippen LogP contribution in [0.1, 0.15) is 50.4 Å². The number of urea groups is 1. The summed E-state index contributed by atoms with van der Waals surface area (Å²) < 4.78 is 16.0. The first kappa shape index (κ1) is 18.7. The van der Waals surface area contributed by atoms with E-state index in [1.54, 1.807) is 15.9 Å². The van der Waals surface area contributed by atoms with Crippen LogP contribution < -0.4 is 5.32 Å².